The number of carbonyl (C=O) groups is 4. The maximum atomic E-state index is 12.7. The number of benzene rings is 2. The van der Waals surface area contributed by atoms with Crippen LogP contribution in [0.3, 0.4) is 0 Å². The van der Waals surface area contributed by atoms with Crippen LogP contribution in [0.15, 0.2) is 48.5 Å². The normalized spacial score (nSPS) is 11.1. The number of carbonyl (C=O) groups excluding carboxylic acids is 3. The van der Waals surface area contributed by atoms with Crippen molar-refractivity contribution in [2.24, 2.45) is 0 Å². The molecule has 12 heteroatoms. The number of alkyl carbamates (subject to hydrolysis) is 1. The average molecular weight is 487 g/mol. The van der Waals surface area contributed by atoms with Crippen molar-refractivity contribution in [3.8, 4) is 5.75 Å². The van der Waals surface area contributed by atoms with E-state index in [-0.39, 0.29) is 35.9 Å². The number of amidine groups is 1. The van der Waals surface area contributed by atoms with E-state index < -0.39 is 43.0 Å². The average Bonchev–Trinajstić information content (AvgIpc) is 2.86. The first-order chi connectivity index (χ1) is 16.7. The largest absolute Gasteiger partial charge is 0.482 e. The van der Waals surface area contributed by atoms with Crippen LogP contribution in [0.25, 0.3) is 0 Å². The summed E-state index contributed by atoms with van der Waals surface area (Å²) in [6.45, 7) is -0.939. The van der Waals surface area contributed by atoms with Gasteiger partial charge in [0.15, 0.2) is 12.4 Å². The number of ether oxygens (including phenoxy) is 3. The second kappa shape index (κ2) is 13.4. The number of hydrogen-bond donors (Lipinski definition) is 5. The molecule has 0 saturated carbocycles. The molecule has 0 radical (unpaired) electrons. The zero-order chi connectivity index (χ0) is 25.8. The molecule has 2 rings (SSSR count). The van der Waals surface area contributed by atoms with Crippen LogP contribution in [0.5, 0.6) is 5.75 Å². The van der Waals surface area contributed by atoms with Gasteiger partial charge in [0.25, 0.3) is 5.91 Å². The zero-order valence-electron chi connectivity index (χ0n) is 18.8. The van der Waals surface area contributed by atoms with Crippen molar-refractivity contribution >= 4 is 29.6 Å². The van der Waals surface area contributed by atoms with E-state index in [9.17, 15) is 24.3 Å². The quantitative estimate of drug-likeness (QED) is 0.125. The van der Waals surface area contributed by atoms with Gasteiger partial charge in [0.1, 0.15) is 24.2 Å². The first-order valence-electron chi connectivity index (χ1n) is 10.3. The molecular weight excluding hydrogens is 462 g/mol. The number of methoxy groups -OCH3 is 1. The third-order valence-electron chi connectivity index (χ3n) is 4.49. The van der Waals surface area contributed by atoms with Crippen molar-refractivity contribution in [3.05, 3.63) is 65.2 Å². The smallest absolute Gasteiger partial charge is 0.412 e. The van der Waals surface area contributed by atoms with E-state index in [1.165, 1.54) is 55.6 Å². The number of hydrogen-bond acceptors (Lipinski definition) is 9. The van der Waals surface area contributed by atoms with Crippen molar-refractivity contribution in [2.45, 2.75) is 6.04 Å². The van der Waals surface area contributed by atoms with E-state index >= 15 is 0 Å². The van der Waals surface area contributed by atoms with Gasteiger partial charge in [-0.25, -0.2) is 9.59 Å². The number of carboxylic acid groups (broad SMARTS) is 1. The maximum absolute atomic E-state index is 12.7. The molecule has 12 nitrogen and oxygen atoms in total. The van der Waals surface area contributed by atoms with E-state index in [1.54, 1.807) is 0 Å². The predicted molar refractivity (Wildman–Crippen MR) is 122 cm³/mol. The Morgan fingerprint density at radius 3 is 2.11 bits per heavy atom. The third kappa shape index (κ3) is 8.53. The molecule has 0 fully saturated rings. The first-order valence-corrected chi connectivity index (χ1v) is 10.3. The van der Waals surface area contributed by atoms with E-state index in [4.69, 9.17) is 24.7 Å². The van der Waals surface area contributed by atoms with Crippen LogP contribution < -0.4 is 15.4 Å². The molecule has 2 aromatic carbocycles. The van der Waals surface area contributed by atoms with Crippen molar-refractivity contribution < 1.29 is 43.6 Å². The van der Waals surface area contributed by atoms with E-state index in [1.807, 2.05) is 0 Å². The van der Waals surface area contributed by atoms with E-state index in [0.29, 0.717) is 5.56 Å². The molecule has 0 bridgehead atoms. The Morgan fingerprint density at radius 2 is 1.54 bits per heavy atom. The summed E-state index contributed by atoms with van der Waals surface area (Å²) in [6.07, 6.45) is -0.820. The van der Waals surface area contributed by atoms with Gasteiger partial charge in [-0.15, -0.1) is 0 Å². The highest BCUT2D eigenvalue weighted by Crippen LogP contribution is 2.14. The summed E-state index contributed by atoms with van der Waals surface area (Å²) in [6, 6.07) is 10.0. The van der Waals surface area contributed by atoms with Gasteiger partial charge in [-0.05, 0) is 36.4 Å². The van der Waals surface area contributed by atoms with Crippen LogP contribution in [0, 0.1) is 5.41 Å². The second-order valence-electron chi connectivity index (χ2n) is 6.99. The molecule has 0 spiro atoms. The number of ketones is 1. The molecule has 0 aromatic heterocycles. The summed E-state index contributed by atoms with van der Waals surface area (Å²) in [5, 5.41) is 30.9. The fourth-order valence-electron chi connectivity index (χ4n) is 2.71. The Labute approximate surface area is 200 Å². The number of aliphatic hydroxyl groups is 1. The van der Waals surface area contributed by atoms with Crippen LogP contribution in [-0.2, 0) is 14.3 Å². The molecule has 0 heterocycles. The van der Waals surface area contributed by atoms with Crippen LogP contribution in [0.1, 0.15) is 26.3 Å². The van der Waals surface area contributed by atoms with Crippen LogP contribution >= 0.6 is 0 Å². The summed E-state index contributed by atoms with van der Waals surface area (Å²) in [7, 11) is 1.46. The number of nitrogens with one attached hydrogen (secondary N) is 3. The van der Waals surface area contributed by atoms with Gasteiger partial charge in [-0.1, -0.05) is 12.1 Å². The van der Waals surface area contributed by atoms with Gasteiger partial charge in [0.2, 0.25) is 0 Å². The number of aliphatic carboxylic acids is 1. The molecule has 0 aliphatic carbocycles. The predicted octanol–water partition coefficient (Wildman–Crippen LogP) is 0.822. The number of rotatable bonds is 12. The zero-order valence-corrected chi connectivity index (χ0v) is 18.8. The van der Waals surface area contributed by atoms with Gasteiger partial charge in [-0.2, -0.15) is 0 Å². The molecule has 2 amide bonds. The molecule has 35 heavy (non-hydrogen) atoms. The summed E-state index contributed by atoms with van der Waals surface area (Å²) in [4.78, 5) is 47.4. The summed E-state index contributed by atoms with van der Waals surface area (Å²) < 4.78 is 14.6. The minimum atomic E-state index is -1.23. The Hall–Kier alpha value is -4.29. The maximum Gasteiger partial charge on any atom is 0.412 e. The minimum Gasteiger partial charge on any atom is -0.482 e. The summed E-state index contributed by atoms with van der Waals surface area (Å²) >= 11 is 0. The Bertz CT molecular complexity index is 1050. The van der Waals surface area contributed by atoms with Crippen molar-refractivity contribution in [1.82, 2.24) is 10.6 Å². The van der Waals surface area contributed by atoms with Gasteiger partial charge in [0, 0.05) is 23.8 Å². The molecule has 2 aromatic rings. The molecule has 0 aliphatic heterocycles. The molecule has 0 saturated heterocycles. The molecular formula is C23H25N3O9. The number of amides is 2. The molecule has 0 aliphatic rings. The lowest BCUT2D eigenvalue weighted by molar-refractivity contribution is -0.139. The number of carboxylic acids is 1. The highest BCUT2D eigenvalue weighted by Gasteiger charge is 2.22. The molecule has 1 atom stereocenters. The summed E-state index contributed by atoms with van der Waals surface area (Å²) in [5.74, 6) is -2.32. The highest BCUT2D eigenvalue weighted by atomic mass is 16.6. The highest BCUT2D eigenvalue weighted by molar-refractivity contribution is 6.06. The number of Topliss-reactive ketones (excluding diaryl/α,β-unsaturated/α-hetero) is 1. The lowest BCUT2D eigenvalue weighted by atomic mass is 10.0. The fourth-order valence-corrected chi connectivity index (χ4v) is 2.71. The molecule has 186 valence electrons. The Kier molecular flexibility index (Phi) is 10.3. The van der Waals surface area contributed by atoms with Crippen molar-refractivity contribution in [1.29, 1.82) is 5.41 Å². The second-order valence-corrected chi connectivity index (χ2v) is 6.99. The fraction of sp³-hybridized carbons (Fsp3) is 0.261. The third-order valence-corrected chi connectivity index (χ3v) is 4.49. The Morgan fingerprint density at radius 1 is 0.943 bits per heavy atom. The van der Waals surface area contributed by atoms with Crippen molar-refractivity contribution in [2.75, 3.05) is 33.5 Å². The summed E-state index contributed by atoms with van der Waals surface area (Å²) in [5.41, 5.74) is 0.650. The monoisotopic (exact) mass is 487 g/mol. The van der Waals surface area contributed by atoms with E-state index in [2.05, 4.69) is 10.6 Å². The van der Waals surface area contributed by atoms with Gasteiger partial charge < -0.3 is 29.7 Å². The van der Waals surface area contributed by atoms with Crippen LogP contribution in [0.4, 0.5) is 4.79 Å². The lowest BCUT2D eigenvalue weighted by Crippen LogP contribution is -2.43. The molecule has 5 N–H and O–H groups in total. The minimum absolute atomic E-state index is 0.0299. The topological polar surface area (TPSA) is 184 Å². The lowest BCUT2D eigenvalue weighted by Gasteiger charge is -2.16. The Balaban J connectivity index is 1.96. The van der Waals surface area contributed by atoms with Crippen molar-refractivity contribution in [3.63, 3.8) is 0 Å². The van der Waals surface area contributed by atoms with Gasteiger partial charge in [0.05, 0.1) is 13.2 Å². The van der Waals surface area contributed by atoms with Gasteiger partial charge in [-0.3, -0.25) is 20.3 Å². The first kappa shape index (κ1) is 27.0. The van der Waals surface area contributed by atoms with Crippen LogP contribution in [0.2, 0.25) is 0 Å². The number of aliphatic hydroxyl groups excluding tert-OH is 1. The van der Waals surface area contributed by atoms with Gasteiger partial charge >= 0.3 is 12.1 Å². The van der Waals surface area contributed by atoms with E-state index in [0.717, 1.165) is 0 Å². The standard InChI is InChI=1S/C23H25N3O9/c1-33-10-11-34-23(32)26-21(24)15-2-4-16(5-3-15)22(31)25-18(12-27)20(30)14-6-8-17(9-7-14)35-13-19(28)29/h2-9,18,27H,10-13H2,1H3,(H,25,31)(H,28,29)(H2,24,26,32)/t18-/m0/s1. The molecule has 0 unspecified atom stereocenters. The SMILES string of the molecule is COCCOC(=O)NC(=N)c1ccc(C(=O)N[C@@H](CO)C(=O)c2ccc(OCC(=O)O)cc2)cc1. The van der Waals surface area contributed by atoms with Crippen LogP contribution in [-0.4, -0.2) is 79.4 Å².